The second-order valence-electron chi connectivity index (χ2n) is 16.3. The number of hydrogen-bond donors (Lipinski definition) is 8. The summed E-state index contributed by atoms with van der Waals surface area (Å²) >= 11 is 1.15. The van der Waals surface area contributed by atoms with E-state index >= 15 is 0 Å². The van der Waals surface area contributed by atoms with Crippen molar-refractivity contribution in [3.8, 4) is 0 Å². The Balaban J connectivity index is 0.0000150. The van der Waals surface area contributed by atoms with E-state index in [9.17, 15) is 57.9 Å². The summed E-state index contributed by atoms with van der Waals surface area (Å²) in [6, 6.07) is 0. The largest absolute Gasteiger partial charge is 1.00 e. The molecule has 0 saturated carbocycles. The quantitative estimate of drug-likeness (QED) is 0.0274. The number of aliphatic hydroxyl groups is 2. The van der Waals surface area contributed by atoms with Crippen molar-refractivity contribution in [1.82, 2.24) is 30.2 Å². The van der Waals surface area contributed by atoms with E-state index in [1.807, 2.05) is 0 Å². The third-order valence-corrected chi connectivity index (χ3v) is 14.3. The van der Waals surface area contributed by atoms with E-state index in [1.165, 1.54) is 78.1 Å². The Morgan fingerprint density at radius 3 is 2.11 bits per heavy atom. The van der Waals surface area contributed by atoms with Gasteiger partial charge in [-0.3, -0.25) is 32.6 Å². The molecule has 372 valence electrons. The van der Waals surface area contributed by atoms with Crippen molar-refractivity contribution in [1.29, 1.82) is 0 Å². The minimum absolute atomic E-state index is 0. The number of thioether (sulfide) groups is 1. The Hall–Kier alpha value is -1.84. The fourth-order valence-electron chi connectivity index (χ4n) is 6.65. The molecule has 0 spiro atoms. The smallest absolute Gasteiger partial charge is 0.756 e. The van der Waals surface area contributed by atoms with Crippen molar-refractivity contribution >= 4 is 69.1 Å². The second-order valence-corrected chi connectivity index (χ2v) is 21.6. The number of carbonyl (C=O) groups is 3. The Morgan fingerprint density at radius 2 is 1.50 bits per heavy atom. The van der Waals surface area contributed by atoms with Crippen LogP contribution in [0.3, 0.4) is 0 Å². The summed E-state index contributed by atoms with van der Waals surface area (Å²) in [5, 5.41) is 26.6. The van der Waals surface area contributed by atoms with Crippen LogP contribution in [0.1, 0.15) is 123 Å². The van der Waals surface area contributed by atoms with E-state index in [0.717, 1.165) is 48.2 Å². The van der Waals surface area contributed by atoms with Crippen LogP contribution in [0.15, 0.2) is 12.7 Å². The number of rotatable bonds is 33. The van der Waals surface area contributed by atoms with Crippen LogP contribution in [-0.2, 0) is 50.7 Å². The molecule has 0 aromatic carbocycles. The van der Waals surface area contributed by atoms with E-state index < -0.39 is 84.6 Å². The standard InChI is InChI=1S/C37H66N7O17P3S.Li/c1-4-5-6-7-8-9-10-11-12-13-14-15-16-17-28(46)65-21-20-39-27(45)18-19-40-35(49)32(48)37(2,3)23-58-64(55,56)61-63(53,54)57-22-26-31(60-62(50,51)52)30(47)36(59-26)44-25-43-29-33(38)41-24-42-34(29)44;/h24-26,30-32,36,47-48H,4-23H2,1-3H3,(H,39,45)(H,40,49)(H,53,54)(H,55,56)(H2,38,41,42)(H2,50,51,52);/q;+1/p-1. The first-order valence-electron chi connectivity index (χ1n) is 21.6. The van der Waals surface area contributed by atoms with Crippen LogP contribution in [0.5, 0.6) is 0 Å². The van der Waals surface area contributed by atoms with Gasteiger partial charge in [-0.05, 0) is 6.42 Å². The molecule has 8 atom stereocenters. The molecule has 0 radical (unpaired) electrons. The van der Waals surface area contributed by atoms with Gasteiger partial charge < -0.3 is 55.4 Å². The van der Waals surface area contributed by atoms with Gasteiger partial charge >= 0.3 is 34.5 Å². The van der Waals surface area contributed by atoms with Gasteiger partial charge in [-0.2, -0.15) is 4.31 Å². The van der Waals surface area contributed by atoms with Crippen LogP contribution in [0.2, 0.25) is 0 Å². The second kappa shape index (κ2) is 29.4. The van der Waals surface area contributed by atoms with E-state index in [0.29, 0.717) is 12.2 Å². The summed E-state index contributed by atoms with van der Waals surface area (Å²) in [7, 11) is -16.7. The van der Waals surface area contributed by atoms with Crippen LogP contribution in [-0.4, -0.2) is 118 Å². The molecule has 0 bridgehead atoms. The Morgan fingerprint density at radius 1 is 0.909 bits per heavy atom. The third-order valence-electron chi connectivity index (χ3n) is 10.2. The minimum atomic E-state index is -5.59. The van der Waals surface area contributed by atoms with E-state index in [2.05, 4.69) is 41.3 Å². The number of nitrogens with two attached hydrogens (primary N) is 1. The maximum absolute atomic E-state index is 12.7. The number of unbranched alkanes of at least 4 members (excludes halogenated alkanes) is 12. The molecule has 1 aliphatic rings. The topological polar surface area (TPSA) is 366 Å². The van der Waals surface area contributed by atoms with Crippen molar-refractivity contribution in [2.24, 2.45) is 5.41 Å². The van der Waals surface area contributed by atoms with Crippen molar-refractivity contribution in [2.45, 2.75) is 148 Å². The first-order chi connectivity index (χ1) is 30.6. The van der Waals surface area contributed by atoms with Crippen molar-refractivity contribution in [3.05, 3.63) is 12.7 Å². The zero-order valence-corrected chi connectivity index (χ0v) is 41.4. The molecular weight excluding hydrogens is 946 g/mol. The summed E-state index contributed by atoms with van der Waals surface area (Å²) < 4.78 is 62.1. The zero-order valence-electron chi connectivity index (χ0n) is 37.9. The van der Waals surface area contributed by atoms with Crippen LogP contribution < -0.4 is 40.1 Å². The number of imidazole rings is 1. The number of nitrogens with zero attached hydrogens (tertiary/aromatic N) is 4. The Bertz CT molecular complexity index is 1970. The van der Waals surface area contributed by atoms with Gasteiger partial charge in [0.15, 0.2) is 22.8 Å². The molecule has 1 aliphatic heterocycles. The van der Waals surface area contributed by atoms with Gasteiger partial charge in [0.05, 0.1) is 19.5 Å². The molecule has 1 fully saturated rings. The molecule has 3 rings (SSSR count). The van der Waals surface area contributed by atoms with Crippen molar-refractivity contribution in [2.75, 3.05) is 37.8 Å². The number of anilines is 1. The maximum atomic E-state index is 12.7. The average molecular weight is 1010 g/mol. The van der Waals surface area contributed by atoms with Gasteiger partial charge in [0.25, 0.3) is 7.82 Å². The minimum Gasteiger partial charge on any atom is -0.756 e. The molecular formula is C37H65LiN7O17P3S. The predicted molar refractivity (Wildman–Crippen MR) is 235 cm³/mol. The first-order valence-corrected chi connectivity index (χ1v) is 27.1. The number of phosphoric acid groups is 3. The number of amides is 2. The van der Waals surface area contributed by atoms with Gasteiger partial charge in [0.2, 0.25) is 11.8 Å². The number of phosphoric ester groups is 3. The van der Waals surface area contributed by atoms with Gasteiger partial charge in [0.1, 0.15) is 36.3 Å². The first kappa shape index (κ1) is 60.3. The number of hydrogen-bond acceptors (Lipinski definition) is 19. The average Bonchev–Trinajstić information content (AvgIpc) is 3.79. The number of aliphatic hydroxyl groups excluding tert-OH is 2. The molecule has 3 heterocycles. The Kier molecular flexibility index (Phi) is 26.8. The number of nitrogen functional groups attached to an aromatic ring is 1. The monoisotopic (exact) mass is 1010 g/mol. The number of aromatic nitrogens is 4. The van der Waals surface area contributed by atoms with Crippen LogP contribution in [0.25, 0.3) is 11.2 Å². The van der Waals surface area contributed by atoms with E-state index in [4.69, 9.17) is 19.5 Å². The van der Waals surface area contributed by atoms with E-state index in [-0.39, 0.29) is 60.5 Å². The summed E-state index contributed by atoms with van der Waals surface area (Å²) in [6.07, 6.45) is 9.31. The molecule has 2 amide bonds. The predicted octanol–water partition coefficient (Wildman–Crippen LogP) is 0.518. The summed E-state index contributed by atoms with van der Waals surface area (Å²) in [5.41, 5.74) is 4.25. The number of fused-ring (bicyclic) bond motifs is 1. The maximum Gasteiger partial charge on any atom is 1.00 e. The van der Waals surface area contributed by atoms with Crippen molar-refractivity contribution in [3.63, 3.8) is 0 Å². The molecule has 29 heteroatoms. The number of carbonyl (C=O) groups excluding carboxylic acids is 3. The van der Waals surface area contributed by atoms with Crippen molar-refractivity contribution < 1.29 is 99.3 Å². The normalized spacial score (nSPS) is 20.7. The van der Waals surface area contributed by atoms with Gasteiger partial charge in [-0.1, -0.05) is 110 Å². The SMILES string of the molecule is CCCCCCCCCCCCCCCC(=O)SCCNC(=O)CCNC(=O)C(O)C(C)(C)COP(=O)(O)OP(=O)(O)OCC1OC(n2cnc3c(N)ncnc32)C(O)C1OP(=O)([O-])O.[Li+]. The van der Waals surface area contributed by atoms with Gasteiger partial charge in [-0.15, -0.1) is 0 Å². The summed E-state index contributed by atoms with van der Waals surface area (Å²) in [6.45, 7) is 2.76. The molecule has 24 nitrogen and oxygen atoms in total. The summed E-state index contributed by atoms with van der Waals surface area (Å²) in [5.74, 6) is -1.04. The molecule has 0 aliphatic carbocycles. The molecule has 1 saturated heterocycles. The van der Waals surface area contributed by atoms with Crippen LogP contribution >= 0.6 is 35.2 Å². The Labute approximate surface area is 400 Å². The van der Waals surface area contributed by atoms with Gasteiger partial charge in [0, 0.05) is 37.1 Å². The van der Waals surface area contributed by atoms with Crippen LogP contribution in [0, 0.1) is 5.41 Å². The fourth-order valence-corrected chi connectivity index (χ4v) is 10.2. The molecule has 2 aromatic rings. The molecule has 66 heavy (non-hydrogen) atoms. The molecule has 8 unspecified atom stereocenters. The number of ether oxygens (including phenoxy) is 1. The summed E-state index contributed by atoms with van der Waals surface area (Å²) in [4.78, 5) is 90.3. The van der Waals surface area contributed by atoms with Gasteiger partial charge in [-0.25, -0.2) is 24.1 Å². The molecule has 9 N–H and O–H groups in total. The molecule has 2 aromatic heterocycles. The number of nitrogens with one attached hydrogen (secondary N) is 2. The fraction of sp³-hybridized carbons (Fsp3) is 0.784. The van der Waals surface area contributed by atoms with E-state index in [1.54, 1.807) is 0 Å². The third kappa shape index (κ3) is 21.8. The van der Waals surface area contributed by atoms with Crippen LogP contribution in [0.4, 0.5) is 5.82 Å². The zero-order chi connectivity index (χ0) is 48.3.